The highest BCUT2D eigenvalue weighted by atomic mass is 32.2. The van der Waals surface area contributed by atoms with Gasteiger partial charge in [-0.1, -0.05) is 6.07 Å². The highest BCUT2D eigenvalue weighted by molar-refractivity contribution is 7.91. The standard InChI is InChI=1S/C14H21N3O3S/c15-12-4-1-5-13-11(12)3-2-7-17(13)8-10-21(19,20)9-6-14(16)18/h1,4-5H,2-3,6-10,15H2,(H2,16,18). The maximum Gasteiger partial charge on any atom is 0.218 e. The largest absolute Gasteiger partial charge is 0.398 e. The van der Waals surface area contributed by atoms with Gasteiger partial charge in [0, 0.05) is 30.9 Å². The van der Waals surface area contributed by atoms with E-state index in [1.165, 1.54) is 0 Å². The summed E-state index contributed by atoms with van der Waals surface area (Å²) in [6, 6.07) is 5.72. The van der Waals surface area contributed by atoms with Crippen LogP contribution in [0.4, 0.5) is 11.4 Å². The number of nitrogen functional groups attached to an aromatic ring is 1. The third-order valence-electron chi connectivity index (χ3n) is 3.71. The Morgan fingerprint density at radius 3 is 2.76 bits per heavy atom. The fourth-order valence-corrected chi connectivity index (χ4v) is 3.78. The van der Waals surface area contributed by atoms with Crippen molar-refractivity contribution in [1.29, 1.82) is 0 Å². The van der Waals surface area contributed by atoms with Gasteiger partial charge < -0.3 is 16.4 Å². The van der Waals surface area contributed by atoms with Crippen molar-refractivity contribution in [2.75, 3.05) is 35.2 Å². The van der Waals surface area contributed by atoms with E-state index in [2.05, 4.69) is 4.90 Å². The second-order valence-electron chi connectivity index (χ2n) is 5.30. The molecule has 0 bridgehead atoms. The van der Waals surface area contributed by atoms with Crippen molar-refractivity contribution in [3.63, 3.8) is 0 Å². The molecule has 1 aromatic rings. The number of rotatable bonds is 6. The van der Waals surface area contributed by atoms with Crippen molar-refractivity contribution in [2.45, 2.75) is 19.3 Å². The van der Waals surface area contributed by atoms with Gasteiger partial charge in [0.2, 0.25) is 5.91 Å². The van der Waals surface area contributed by atoms with Gasteiger partial charge in [0.1, 0.15) is 0 Å². The zero-order valence-corrected chi connectivity index (χ0v) is 12.7. The van der Waals surface area contributed by atoms with E-state index in [1.54, 1.807) is 0 Å². The molecule has 0 spiro atoms. The van der Waals surface area contributed by atoms with Gasteiger partial charge in [-0.25, -0.2) is 8.42 Å². The molecule has 6 nitrogen and oxygen atoms in total. The van der Waals surface area contributed by atoms with E-state index in [0.717, 1.165) is 36.3 Å². The van der Waals surface area contributed by atoms with Gasteiger partial charge in [-0.05, 0) is 30.5 Å². The Bertz CT molecular complexity index is 628. The van der Waals surface area contributed by atoms with Crippen LogP contribution in [0.2, 0.25) is 0 Å². The number of hydrogen-bond acceptors (Lipinski definition) is 5. The summed E-state index contributed by atoms with van der Waals surface area (Å²) in [5, 5.41) is 0. The number of benzene rings is 1. The smallest absolute Gasteiger partial charge is 0.218 e. The van der Waals surface area contributed by atoms with Crippen LogP contribution in [-0.4, -0.2) is 38.9 Å². The van der Waals surface area contributed by atoms with Gasteiger partial charge in [-0.15, -0.1) is 0 Å². The number of primary amides is 1. The summed E-state index contributed by atoms with van der Waals surface area (Å²) in [6.07, 6.45) is 1.77. The van der Waals surface area contributed by atoms with Crippen molar-refractivity contribution in [3.05, 3.63) is 23.8 Å². The average Bonchev–Trinajstić information content (AvgIpc) is 2.44. The van der Waals surface area contributed by atoms with Gasteiger partial charge >= 0.3 is 0 Å². The lowest BCUT2D eigenvalue weighted by Crippen LogP contribution is -2.34. The monoisotopic (exact) mass is 311 g/mol. The molecule has 1 aliphatic rings. The molecule has 1 aliphatic heterocycles. The van der Waals surface area contributed by atoms with Crippen LogP contribution in [0.25, 0.3) is 0 Å². The van der Waals surface area contributed by atoms with Crippen LogP contribution in [0, 0.1) is 0 Å². The fourth-order valence-electron chi connectivity index (χ4n) is 2.57. The normalized spacial score (nSPS) is 14.8. The number of anilines is 2. The minimum Gasteiger partial charge on any atom is -0.398 e. The van der Waals surface area contributed by atoms with Gasteiger partial charge in [0.25, 0.3) is 0 Å². The zero-order valence-electron chi connectivity index (χ0n) is 11.9. The van der Waals surface area contributed by atoms with Gasteiger partial charge in [-0.2, -0.15) is 0 Å². The van der Waals surface area contributed by atoms with Crippen LogP contribution >= 0.6 is 0 Å². The Balaban J connectivity index is 2.02. The van der Waals surface area contributed by atoms with Gasteiger partial charge in [0.05, 0.1) is 11.5 Å². The Hall–Kier alpha value is -1.76. The number of sulfone groups is 1. The highest BCUT2D eigenvalue weighted by Crippen LogP contribution is 2.30. The minimum absolute atomic E-state index is 0.0223. The number of carbonyl (C=O) groups excluding carboxylic acids is 1. The first kappa shape index (κ1) is 15.6. The predicted octanol–water partition coefficient (Wildman–Crippen LogP) is 0.312. The number of fused-ring (bicyclic) bond motifs is 1. The average molecular weight is 311 g/mol. The molecule has 0 aromatic heterocycles. The van der Waals surface area contributed by atoms with E-state index in [1.807, 2.05) is 18.2 Å². The third kappa shape index (κ3) is 4.10. The van der Waals surface area contributed by atoms with Crippen molar-refractivity contribution in [3.8, 4) is 0 Å². The van der Waals surface area contributed by atoms with Crippen LogP contribution in [0.5, 0.6) is 0 Å². The second kappa shape index (κ2) is 6.34. The molecular weight excluding hydrogens is 290 g/mol. The Morgan fingerprint density at radius 2 is 2.05 bits per heavy atom. The fraction of sp³-hybridized carbons (Fsp3) is 0.500. The van der Waals surface area contributed by atoms with E-state index in [0.29, 0.717) is 6.54 Å². The summed E-state index contributed by atoms with van der Waals surface area (Å²) < 4.78 is 23.8. The van der Waals surface area contributed by atoms with E-state index >= 15 is 0 Å². The molecule has 0 radical (unpaired) electrons. The van der Waals surface area contributed by atoms with Gasteiger partial charge in [-0.3, -0.25) is 4.79 Å². The van der Waals surface area contributed by atoms with Gasteiger partial charge in [0.15, 0.2) is 9.84 Å². The number of hydrogen-bond donors (Lipinski definition) is 2. The molecule has 0 unspecified atom stereocenters. The molecule has 1 heterocycles. The quantitative estimate of drug-likeness (QED) is 0.735. The summed E-state index contributed by atoms with van der Waals surface area (Å²) in [7, 11) is -3.26. The van der Waals surface area contributed by atoms with Crippen LogP contribution < -0.4 is 16.4 Å². The lowest BCUT2D eigenvalue weighted by Gasteiger charge is -2.31. The Kier molecular flexibility index (Phi) is 4.72. The van der Waals surface area contributed by atoms with E-state index in [9.17, 15) is 13.2 Å². The zero-order chi connectivity index (χ0) is 15.5. The lowest BCUT2D eigenvalue weighted by molar-refractivity contribution is -0.117. The van der Waals surface area contributed by atoms with Crippen molar-refractivity contribution < 1.29 is 13.2 Å². The first-order chi connectivity index (χ1) is 9.89. The summed E-state index contributed by atoms with van der Waals surface area (Å²) in [5.74, 6) is -0.747. The summed E-state index contributed by atoms with van der Waals surface area (Å²) in [4.78, 5) is 12.7. The molecule has 1 aromatic carbocycles. The number of nitrogens with two attached hydrogens (primary N) is 2. The van der Waals surface area contributed by atoms with Crippen molar-refractivity contribution >= 4 is 27.1 Å². The number of nitrogens with zero attached hydrogens (tertiary/aromatic N) is 1. The number of carbonyl (C=O) groups is 1. The van der Waals surface area contributed by atoms with Crippen LogP contribution in [0.3, 0.4) is 0 Å². The molecular formula is C14H21N3O3S. The predicted molar refractivity (Wildman–Crippen MR) is 83.9 cm³/mol. The molecule has 2 rings (SSSR count). The van der Waals surface area contributed by atoms with E-state index < -0.39 is 15.7 Å². The maximum atomic E-state index is 11.9. The summed E-state index contributed by atoms with van der Waals surface area (Å²) in [5.41, 5.74) is 13.8. The van der Waals surface area contributed by atoms with E-state index in [4.69, 9.17) is 11.5 Å². The molecule has 116 valence electrons. The molecule has 4 N–H and O–H groups in total. The SMILES string of the molecule is NC(=O)CCS(=O)(=O)CCN1CCCc2c(N)cccc21. The minimum atomic E-state index is -3.26. The molecule has 0 fully saturated rings. The second-order valence-corrected chi connectivity index (χ2v) is 7.61. The molecule has 0 saturated heterocycles. The third-order valence-corrected chi connectivity index (χ3v) is 5.35. The highest BCUT2D eigenvalue weighted by Gasteiger charge is 2.21. The molecule has 7 heteroatoms. The molecule has 0 saturated carbocycles. The summed E-state index contributed by atoms with van der Waals surface area (Å²) >= 11 is 0. The van der Waals surface area contributed by atoms with Crippen LogP contribution in [0.15, 0.2) is 18.2 Å². The Labute approximate surface area is 125 Å². The van der Waals surface area contributed by atoms with Crippen LogP contribution in [-0.2, 0) is 21.1 Å². The first-order valence-electron chi connectivity index (χ1n) is 7.00. The van der Waals surface area contributed by atoms with E-state index in [-0.39, 0.29) is 17.9 Å². The van der Waals surface area contributed by atoms with Crippen molar-refractivity contribution in [2.24, 2.45) is 5.73 Å². The number of amides is 1. The Morgan fingerprint density at radius 1 is 1.29 bits per heavy atom. The topological polar surface area (TPSA) is 106 Å². The van der Waals surface area contributed by atoms with Crippen LogP contribution in [0.1, 0.15) is 18.4 Å². The molecule has 0 aliphatic carbocycles. The maximum absolute atomic E-state index is 11.9. The molecule has 21 heavy (non-hydrogen) atoms. The molecule has 1 amide bonds. The summed E-state index contributed by atoms with van der Waals surface area (Å²) in [6.45, 7) is 1.24. The van der Waals surface area contributed by atoms with Crippen molar-refractivity contribution in [1.82, 2.24) is 0 Å². The molecule has 0 atom stereocenters. The first-order valence-corrected chi connectivity index (χ1v) is 8.82. The lowest BCUT2D eigenvalue weighted by atomic mass is 10.00.